The molecular weight excluding hydrogens is 318 g/mol. The van der Waals surface area contributed by atoms with Crippen LogP contribution in [0.25, 0.3) is 0 Å². The number of carbonyl (C=O) groups is 1. The van der Waals surface area contributed by atoms with Gasteiger partial charge in [0.2, 0.25) is 0 Å². The SMILES string of the molecule is Cc1noc(C)c1[C@@H](C)NC(=O)N1CCO[C@@H](Cc2ccccc2)C1. The molecule has 1 fully saturated rings. The van der Waals surface area contributed by atoms with Crippen LogP contribution in [0.2, 0.25) is 0 Å². The maximum Gasteiger partial charge on any atom is 0.318 e. The highest BCUT2D eigenvalue weighted by Crippen LogP contribution is 2.21. The van der Waals surface area contributed by atoms with Gasteiger partial charge in [-0.15, -0.1) is 0 Å². The monoisotopic (exact) mass is 343 g/mol. The molecular formula is C19H25N3O3. The molecule has 1 aromatic heterocycles. The fourth-order valence-corrected chi connectivity index (χ4v) is 3.36. The van der Waals surface area contributed by atoms with Crippen molar-refractivity contribution in [2.45, 2.75) is 39.3 Å². The first kappa shape index (κ1) is 17.5. The molecule has 3 rings (SSSR count). The molecule has 0 saturated carbocycles. The molecule has 134 valence electrons. The minimum absolute atomic E-state index is 0.0243. The van der Waals surface area contributed by atoms with Crippen LogP contribution in [0, 0.1) is 13.8 Å². The lowest BCUT2D eigenvalue weighted by molar-refractivity contribution is -0.0135. The first-order chi connectivity index (χ1) is 12.0. The Hall–Kier alpha value is -2.34. The van der Waals surface area contributed by atoms with Gasteiger partial charge in [-0.3, -0.25) is 0 Å². The lowest BCUT2D eigenvalue weighted by atomic mass is 10.1. The van der Waals surface area contributed by atoms with E-state index < -0.39 is 0 Å². The van der Waals surface area contributed by atoms with Crippen molar-refractivity contribution < 1.29 is 14.1 Å². The molecule has 0 spiro atoms. The van der Waals surface area contributed by atoms with E-state index in [0.717, 1.165) is 23.4 Å². The second kappa shape index (κ2) is 7.70. The molecule has 0 radical (unpaired) electrons. The summed E-state index contributed by atoms with van der Waals surface area (Å²) in [5.41, 5.74) is 2.98. The normalized spacial score (nSPS) is 18.8. The average molecular weight is 343 g/mol. The number of nitrogens with zero attached hydrogens (tertiary/aromatic N) is 2. The molecule has 2 heterocycles. The first-order valence-corrected chi connectivity index (χ1v) is 8.68. The van der Waals surface area contributed by atoms with Crippen molar-refractivity contribution in [3.63, 3.8) is 0 Å². The van der Waals surface area contributed by atoms with Gasteiger partial charge >= 0.3 is 6.03 Å². The molecule has 6 heteroatoms. The van der Waals surface area contributed by atoms with Crippen LogP contribution < -0.4 is 5.32 Å². The van der Waals surface area contributed by atoms with Gasteiger partial charge in [-0.2, -0.15) is 0 Å². The van der Waals surface area contributed by atoms with Crippen LogP contribution >= 0.6 is 0 Å². The molecule has 1 aliphatic rings. The summed E-state index contributed by atoms with van der Waals surface area (Å²) in [6, 6.07) is 10.00. The minimum atomic E-state index is -0.144. The number of amides is 2. The largest absolute Gasteiger partial charge is 0.374 e. The maximum absolute atomic E-state index is 12.6. The zero-order valence-corrected chi connectivity index (χ0v) is 15.0. The highest BCUT2D eigenvalue weighted by Gasteiger charge is 2.26. The van der Waals surface area contributed by atoms with Crippen LogP contribution in [-0.2, 0) is 11.2 Å². The average Bonchev–Trinajstić information content (AvgIpc) is 2.94. The van der Waals surface area contributed by atoms with Crippen LogP contribution in [0.15, 0.2) is 34.9 Å². The Labute approximate surface area is 148 Å². The number of carbonyl (C=O) groups excluding carboxylic acids is 1. The quantitative estimate of drug-likeness (QED) is 0.927. The van der Waals surface area contributed by atoms with Gasteiger partial charge in [-0.05, 0) is 26.3 Å². The summed E-state index contributed by atoms with van der Waals surface area (Å²) in [6.45, 7) is 7.46. The zero-order valence-electron chi connectivity index (χ0n) is 15.0. The third kappa shape index (κ3) is 4.20. The number of benzene rings is 1. The zero-order chi connectivity index (χ0) is 17.8. The Kier molecular flexibility index (Phi) is 5.38. The lowest BCUT2D eigenvalue weighted by Crippen LogP contribution is -2.50. The van der Waals surface area contributed by atoms with Crippen molar-refractivity contribution in [3.05, 3.63) is 52.9 Å². The van der Waals surface area contributed by atoms with Crippen molar-refractivity contribution in [1.29, 1.82) is 0 Å². The minimum Gasteiger partial charge on any atom is -0.374 e. The smallest absolute Gasteiger partial charge is 0.318 e. The molecule has 1 aromatic carbocycles. The third-order valence-electron chi connectivity index (χ3n) is 4.59. The van der Waals surface area contributed by atoms with Gasteiger partial charge in [0.25, 0.3) is 0 Å². The maximum atomic E-state index is 12.6. The number of ether oxygens (including phenoxy) is 1. The fourth-order valence-electron chi connectivity index (χ4n) is 3.36. The van der Waals surface area contributed by atoms with E-state index in [1.165, 1.54) is 5.56 Å². The number of morpholine rings is 1. The van der Waals surface area contributed by atoms with Gasteiger partial charge in [0, 0.05) is 25.1 Å². The lowest BCUT2D eigenvalue weighted by Gasteiger charge is -2.33. The van der Waals surface area contributed by atoms with Crippen molar-refractivity contribution in [1.82, 2.24) is 15.4 Å². The van der Waals surface area contributed by atoms with E-state index in [4.69, 9.17) is 9.26 Å². The summed E-state index contributed by atoms with van der Waals surface area (Å²) in [7, 11) is 0. The van der Waals surface area contributed by atoms with E-state index in [-0.39, 0.29) is 18.2 Å². The van der Waals surface area contributed by atoms with Crippen molar-refractivity contribution in [3.8, 4) is 0 Å². The van der Waals surface area contributed by atoms with Gasteiger partial charge in [-0.1, -0.05) is 35.5 Å². The second-order valence-corrected chi connectivity index (χ2v) is 6.54. The van der Waals surface area contributed by atoms with Gasteiger partial charge < -0.3 is 19.5 Å². The van der Waals surface area contributed by atoms with E-state index in [9.17, 15) is 4.79 Å². The summed E-state index contributed by atoms with van der Waals surface area (Å²) in [4.78, 5) is 14.5. The number of hydrogen-bond acceptors (Lipinski definition) is 4. The highest BCUT2D eigenvalue weighted by molar-refractivity contribution is 5.75. The van der Waals surface area contributed by atoms with Crippen LogP contribution in [0.5, 0.6) is 0 Å². The molecule has 25 heavy (non-hydrogen) atoms. The molecule has 1 N–H and O–H groups in total. The standard InChI is InChI=1S/C19H25N3O3/c1-13(18-14(2)21-25-15(18)3)20-19(23)22-9-10-24-17(12-22)11-16-7-5-4-6-8-16/h4-8,13,17H,9-12H2,1-3H3,(H,20,23)/t13-,17+/m1/s1. The summed E-state index contributed by atoms with van der Waals surface area (Å²) in [5.74, 6) is 0.745. The molecule has 2 atom stereocenters. The van der Waals surface area contributed by atoms with Gasteiger partial charge in [0.15, 0.2) is 0 Å². The van der Waals surface area contributed by atoms with Crippen LogP contribution in [0.1, 0.15) is 35.5 Å². The number of urea groups is 1. The number of nitrogens with one attached hydrogen (secondary N) is 1. The molecule has 1 saturated heterocycles. The second-order valence-electron chi connectivity index (χ2n) is 6.54. The van der Waals surface area contributed by atoms with Gasteiger partial charge in [-0.25, -0.2) is 4.79 Å². The number of hydrogen-bond donors (Lipinski definition) is 1. The number of aryl methyl sites for hydroxylation is 2. The summed E-state index contributed by atoms with van der Waals surface area (Å²) < 4.78 is 11.0. The third-order valence-corrected chi connectivity index (χ3v) is 4.59. The van der Waals surface area contributed by atoms with E-state index in [1.54, 1.807) is 0 Å². The van der Waals surface area contributed by atoms with E-state index in [0.29, 0.717) is 19.7 Å². The van der Waals surface area contributed by atoms with E-state index in [2.05, 4.69) is 22.6 Å². The fraction of sp³-hybridized carbons (Fsp3) is 0.474. The van der Waals surface area contributed by atoms with Gasteiger partial charge in [0.1, 0.15) is 5.76 Å². The Morgan fingerprint density at radius 3 is 2.80 bits per heavy atom. The molecule has 1 aliphatic heterocycles. The Morgan fingerprint density at radius 2 is 2.12 bits per heavy atom. The molecule has 0 bridgehead atoms. The Bertz CT molecular complexity index is 694. The van der Waals surface area contributed by atoms with E-state index >= 15 is 0 Å². The Morgan fingerprint density at radius 1 is 1.36 bits per heavy atom. The van der Waals surface area contributed by atoms with Crippen LogP contribution in [0.3, 0.4) is 0 Å². The predicted molar refractivity (Wildman–Crippen MR) is 94.4 cm³/mol. The predicted octanol–water partition coefficient (Wildman–Crippen LogP) is 3.01. The van der Waals surface area contributed by atoms with Gasteiger partial charge in [0.05, 0.1) is 24.4 Å². The summed E-state index contributed by atoms with van der Waals surface area (Å²) in [6.07, 6.45) is 0.834. The van der Waals surface area contributed by atoms with Crippen molar-refractivity contribution in [2.75, 3.05) is 19.7 Å². The Balaban J connectivity index is 1.58. The van der Waals surface area contributed by atoms with E-state index in [1.807, 2.05) is 43.9 Å². The van der Waals surface area contributed by atoms with Crippen molar-refractivity contribution in [2.24, 2.45) is 0 Å². The first-order valence-electron chi connectivity index (χ1n) is 8.68. The summed E-state index contributed by atoms with van der Waals surface area (Å²) >= 11 is 0. The number of aromatic nitrogens is 1. The summed E-state index contributed by atoms with van der Waals surface area (Å²) in [5, 5.41) is 7.01. The molecule has 2 amide bonds. The molecule has 2 aromatic rings. The van der Waals surface area contributed by atoms with Crippen LogP contribution in [-0.4, -0.2) is 41.9 Å². The topological polar surface area (TPSA) is 67.6 Å². The van der Waals surface area contributed by atoms with Crippen molar-refractivity contribution >= 4 is 6.03 Å². The van der Waals surface area contributed by atoms with Crippen LogP contribution in [0.4, 0.5) is 4.79 Å². The number of rotatable bonds is 4. The molecule has 6 nitrogen and oxygen atoms in total. The molecule has 0 unspecified atom stereocenters. The highest BCUT2D eigenvalue weighted by atomic mass is 16.5. The molecule has 0 aliphatic carbocycles.